The number of hydrogen-bond acceptors (Lipinski definition) is 5. The fourth-order valence-electron chi connectivity index (χ4n) is 2.94. The summed E-state index contributed by atoms with van der Waals surface area (Å²) in [5.41, 5.74) is 2.08. The maximum atomic E-state index is 12.9. The molecule has 2 heterocycles. The van der Waals surface area contributed by atoms with E-state index in [1.54, 1.807) is 25.3 Å². The number of fused-ring (bicyclic) bond motifs is 1. The fraction of sp³-hybridized carbons (Fsp3) is 0.381. The third-order valence-corrected chi connectivity index (χ3v) is 4.58. The van der Waals surface area contributed by atoms with Crippen molar-refractivity contribution in [2.45, 2.75) is 26.8 Å². The van der Waals surface area contributed by atoms with Crippen LogP contribution in [0.2, 0.25) is 0 Å². The topological polar surface area (TPSA) is 69.5 Å². The Morgan fingerprint density at radius 2 is 1.89 bits per heavy atom. The molecule has 28 heavy (non-hydrogen) atoms. The van der Waals surface area contributed by atoms with Crippen molar-refractivity contribution < 1.29 is 14.3 Å². The van der Waals surface area contributed by atoms with E-state index >= 15 is 0 Å². The van der Waals surface area contributed by atoms with E-state index in [0.29, 0.717) is 24.4 Å². The van der Waals surface area contributed by atoms with Gasteiger partial charge in [0.05, 0.1) is 31.1 Å². The van der Waals surface area contributed by atoms with Crippen LogP contribution in [0, 0.1) is 6.92 Å². The van der Waals surface area contributed by atoms with Gasteiger partial charge in [0.25, 0.3) is 5.91 Å². The van der Waals surface area contributed by atoms with Crippen LogP contribution in [-0.4, -0.2) is 52.9 Å². The number of nitrogens with zero attached hydrogens (tertiary/aromatic N) is 4. The predicted molar refractivity (Wildman–Crippen MR) is 108 cm³/mol. The van der Waals surface area contributed by atoms with E-state index in [2.05, 4.69) is 23.9 Å². The molecule has 7 nitrogen and oxygen atoms in total. The van der Waals surface area contributed by atoms with Crippen molar-refractivity contribution in [1.82, 2.24) is 19.7 Å². The van der Waals surface area contributed by atoms with E-state index in [0.717, 1.165) is 22.5 Å². The van der Waals surface area contributed by atoms with Crippen LogP contribution in [0.15, 0.2) is 36.5 Å². The minimum Gasteiger partial charge on any atom is -0.497 e. The lowest BCUT2D eigenvalue weighted by Gasteiger charge is -2.18. The van der Waals surface area contributed by atoms with Gasteiger partial charge in [-0.3, -0.25) is 4.79 Å². The standard InChI is InChI=1S/C21H26N4O3/c1-14(2)25-20-16(13-22-25)12-19(15(3)23-20)21(26)24(4)10-11-28-18-8-6-17(27-5)7-9-18/h6-9,12-14H,10-11H2,1-5H3. The van der Waals surface area contributed by atoms with Gasteiger partial charge in [0, 0.05) is 18.5 Å². The second kappa shape index (κ2) is 8.29. The Labute approximate surface area is 164 Å². The monoisotopic (exact) mass is 382 g/mol. The largest absolute Gasteiger partial charge is 0.497 e. The lowest BCUT2D eigenvalue weighted by atomic mass is 10.1. The number of hydrogen-bond donors (Lipinski definition) is 0. The highest BCUT2D eigenvalue weighted by atomic mass is 16.5. The molecule has 0 bridgehead atoms. The van der Waals surface area contributed by atoms with Gasteiger partial charge in [0.1, 0.15) is 18.1 Å². The molecule has 0 saturated heterocycles. The van der Waals surface area contributed by atoms with Crippen molar-refractivity contribution in [2.24, 2.45) is 0 Å². The predicted octanol–water partition coefficient (Wildman–Crippen LogP) is 3.48. The Morgan fingerprint density at radius 3 is 2.54 bits per heavy atom. The van der Waals surface area contributed by atoms with Crippen LogP contribution in [0.4, 0.5) is 0 Å². The zero-order valence-electron chi connectivity index (χ0n) is 17.0. The SMILES string of the molecule is COc1ccc(OCCN(C)C(=O)c2cc3cnn(C(C)C)c3nc2C)cc1. The summed E-state index contributed by atoms with van der Waals surface area (Å²) in [5, 5.41) is 5.24. The van der Waals surface area contributed by atoms with Gasteiger partial charge in [-0.15, -0.1) is 0 Å². The quantitative estimate of drug-likeness (QED) is 0.626. The number of pyridine rings is 1. The summed E-state index contributed by atoms with van der Waals surface area (Å²) in [6.45, 7) is 6.83. The molecule has 0 N–H and O–H groups in total. The maximum Gasteiger partial charge on any atom is 0.255 e. The minimum atomic E-state index is -0.0810. The molecule has 2 aromatic heterocycles. The van der Waals surface area contributed by atoms with Gasteiger partial charge in [-0.1, -0.05) is 0 Å². The van der Waals surface area contributed by atoms with Crippen molar-refractivity contribution in [3.63, 3.8) is 0 Å². The highest BCUT2D eigenvalue weighted by molar-refractivity contribution is 5.98. The van der Waals surface area contributed by atoms with Crippen LogP contribution >= 0.6 is 0 Å². The van der Waals surface area contributed by atoms with Crippen molar-refractivity contribution in [3.8, 4) is 11.5 Å². The maximum absolute atomic E-state index is 12.9. The molecule has 0 radical (unpaired) electrons. The van der Waals surface area contributed by atoms with Gasteiger partial charge in [0.2, 0.25) is 0 Å². The van der Waals surface area contributed by atoms with Gasteiger partial charge in [0.15, 0.2) is 5.65 Å². The van der Waals surface area contributed by atoms with Gasteiger partial charge in [-0.2, -0.15) is 5.10 Å². The molecule has 0 aliphatic heterocycles. The summed E-state index contributed by atoms with van der Waals surface area (Å²) in [6, 6.07) is 9.44. The number of rotatable bonds is 7. The molecule has 0 aliphatic rings. The average molecular weight is 382 g/mol. The van der Waals surface area contributed by atoms with Crippen molar-refractivity contribution in [2.75, 3.05) is 27.3 Å². The first kappa shape index (κ1) is 19.7. The number of likely N-dealkylation sites (N-methyl/N-ethyl adjacent to an activating group) is 1. The lowest BCUT2D eigenvalue weighted by Crippen LogP contribution is -2.31. The van der Waals surface area contributed by atoms with E-state index in [9.17, 15) is 4.79 Å². The molecule has 0 saturated carbocycles. The molecule has 0 atom stereocenters. The molecule has 1 amide bonds. The molecule has 0 spiro atoms. The molecule has 0 fully saturated rings. The Balaban J connectivity index is 1.66. The smallest absolute Gasteiger partial charge is 0.255 e. The molecule has 7 heteroatoms. The molecule has 0 aliphatic carbocycles. The Kier molecular flexibility index (Phi) is 5.82. The number of carbonyl (C=O) groups is 1. The zero-order valence-corrected chi connectivity index (χ0v) is 17.0. The van der Waals surface area contributed by atoms with E-state index in [1.165, 1.54) is 0 Å². The first-order valence-corrected chi connectivity index (χ1v) is 9.28. The van der Waals surface area contributed by atoms with E-state index < -0.39 is 0 Å². The lowest BCUT2D eigenvalue weighted by molar-refractivity contribution is 0.0773. The number of aryl methyl sites for hydroxylation is 1. The Hall–Kier alpha value is -3.09. The first-order chi connectivity index (χ1) is 13.4. The normalized spacial score (nSPS) is 11.1. The Bertz CT molecular complexity index is 964. The number of ether oxygens (including phenoxy) is 2. The number of aromatic nitrogens is 3. The van der Waals surface area contributed by atoms with Crippen LogP contribution in [0.5, 0.6) is 11.5 Å². The summed E-state index contributed by atoms with van der Waals surface area (Å²) < 4.78 is 12.7. The van der Waals surface area contributed by atoms with Gasteiger partial charge < -0.3 is 14.4 Å². The van der Waals surface area contributed by atoms with E-state index in [-0.39, 0.29) is 11.9 Å². The fourth-order valence-corrected chi connectivity index (χ4v) is 2.94. The van der Waals surface area contributed by atoms with Crippen LogP contribution < -0.4 is 9.47 Å². The van der Waals surface area contributed by atoms with Gasteiger partial charge in [-0.05, 0) is 51.1 Å². The number of methoxy groups -OCH3 is 1. The summed E-state index contributed by atoms with van der Waals surface area (Å²) in [4.78, 5) is 19.1. The van der Waals surface area contributed by atoms with Crippen molar-refractivity contribution in [1.29, 1.82) is 0 Å². The molecule has 1 aromatic carbocycles. The van der Waals surface area contributed by atoms with Gasteiger partial charge in [-0.25, -0.2) is 9.67 Å². The molecular weight excluding hydrogens is 356 g/mol. The van der Waals surface area contributed by atoms with Crippen LogP contribution in [0.25, 0.3) is 11.0 Å². The number of amides is 1. The third kappa shape index (κ3) is 4.08. The number of carbonyl (C=O) groups excluding carboxylic acids is 1. The highest BCUT2D eigenvalue weighted by Gasteiger charge is 2.18. The van der Waals surface area contributed by atoms with E-state index in [1.807, 2.05) is 41.9 Å². The van der Waals surface area contributed by atoms with E-state index in [4.69, 9.17) is 9.47 Å². The summed E-state index contributed by atoms with van der Waals surface area (Å²) in [5.74, 6) is 1.43. The van der Waals surface area contributed by atoms with Crippen LogP contribution in [-0.2, 0) is 0 Å². The molecule has 0 unspecified atom stereocenters. The molecular formula is C21H26N4O3. The molecule has 3 aromatic rings. The van der Waals surface area contributed by atoms with Gasteiger partial charge >= 0.3 is 0 Å². The molecule has 3 rings (SSSR count). The van der Waals surface area contributed by atoms with Crippen LogP contribution in [0.1, 0.15) is 35.9 Å². The zero-order chi connectivity index (χ0) is 20.3. The first-order valence-electron chi connectivity index (χ1n) is 9.28. The second-order valence-electron chi connectivity index (χ2n) is 6.97. The third-order valence-electron chi connectivity index (χ3n) is 4.58. The molecule has 148 valence electrons. The summed E-state index contributed by atoms with van der Waals surface area (Å²) >= 11 is 0. The Morgan fingerprint density at radius 1 is 1.21 bits per heavy atom. The summed E-state index contributed by atoms with van der Waals surface area (Å²) in [6.07, 6.45) is 1.76. The minimum absolute atomic E-state index is 0.0810. The van der Waals surface area contributed by atoms with Crippen LogP contribution in [0.3, 0.4) is 0 Å². The number of benzene rings is 1. The van der Waals surface area contributed by atoms with Crippen molar-refractivity contribution in [3.05, 3.63) is 47.8 Å². The second-order valence-corrected chi connectivity index (χ2v) is 6.97. The average Bonchev–Trinajstić information content (AvgIpc) is 3.10. The van der Waals surface area contributed by atoms with Crippen molar-refractivity contribution >= 4 is 16.9 Å². The summed E-state index contributed by atoms with van der Waals surface area (Å²) in [7, 11) is 3.39. The highest BCUT2D eigenvalue weighted by Crippen LogP contribution is 2.20.